The van der Waals surface area contributed by atoms with E-state index in [2.05, 4.69) is 44.2 Å². The lowest BCUT2D eigenvalue weighted by atomic mass is 10.0. The molecule has 0 bridgehead atoms. The van der Waals surface area contributed by atoms with Crippen molar-refractivity contribution >= 4 is 0 Å². The maximum atomic E-state index is 5.62. The monoisotopic (exact) mass is 275 g/mol. The molecule has 2 rings (SSSR count). The molecular formula is C16H25N3O. The van der Waals surface area contributed by atoms with Crippen LogP contribution >= 0.6 is 0 Å². The summed E-state index contributed by atoms with van der Waals surface area (Å²) in [6.07, 6.45) is 0. The first kappa shape index (κ1) is 14.9. The van der Waals surface area contributed by atoms with Crippen LogP contribution in [0.1, 0.15) is 60.0 Å². The highest BCUT2D eigenvalue weighted by Gasteiger charge is 2.20. The Morgan fingerprint density at radius 1 is 1.15 bits per heavy atom. The number of rotatable bonds is 4. The number of hydrogen-bond acceptors (Lipinski definition) is 3. The molecule has 4 heteroatoms. The maximum absolute atomic E-state index is 5.62. The van der Waals surface area contributed by atoms with Gasteiger partial charge in [0.2, 0.25) is 0 Å². The Balaban J connectivity index is 2.19. The van der Waals surface area contributed by atoms with E-state index in [1.165, 1.54) is 16.8 Å². The number of furan rings is 1. The lowest BCUT2D eigenvalue weighted by molar-refractivity contribution is 0.467. The minimum atomic E-state index is 0.251. The van der Waals surface area contributed by atoms with Crippen LogP contribution in [0.5, 0.6) is 0 Å². The van der Waals surface area contributed by atoms with E-state index in [0.29, 0.717) is 0 Å². The van der Waals surface area contributed by atoms with Crippen LogP contribution in [0.25, 0.3) is 0 Å². The minimum Gasteiger partial charge on any atom is -0.466 e. The van der Waals surface area contributed by atoms with Crippen LogP contribution in [0.2, 0.25) is 0 Å². The Bertz CT molecular complexity index is 610. The molecule has 0 saturated carbocycles. The van der Waals surface area contributed by atoms with Crippen molar-refractivity contribution in [2.45, 2.75) is 53.6 Å². The fraction of sp³-hybridized carbons (Fsp3) is 0.562. The van der Waals surface area contributed by atoms with Crippen molar-refractivity contribution in [3.05, 3.63) is 40.1 Å². The van der Waals surface area contributed by atoms with E-state index in [1.54, 1.807) is 0 Å². The molecule has 2 unspecified atom stereocenters. The van der Waals surface area contributed by atoms with E-state index >= 15 is 0 Å². The third-order valence-electron chi connectivity index (χ3n) is 4.04. The van der Waals surface area contributed by atoms with Crippen LogP contribution in [-0.2, 0) is 7.05 Å². The molecular weight excluding hydrogens is 250 g/mol. The van der Waals surface area contributed by atoms with Gasteiger partial charge in [-0.2, -0.15) is 5.10 Å². The van der Waals surface area contributed by atoms with Crippen molar-refractivity contribution < 1.29 is 4.42 Å². The van der Waals surface area contributed by atoms with Crippen LogP contribution < -0.4 is 5.32 Å². The van der Waals surface area contributed by atoms with Crippen molar-refractivity contribution in [3.8, 4) is 0 Å². The number of nitrogens with one attached hydrogen (secondary N) is 1. The van der Waals surface area contributed by atoms with E-state index in [1.807, 2.05) is 25.6 Å². The highest BCUT2D eigenvalue weighted by molar-refractivity contribution is 5.29. The molecule has 1 N–H and O–H groups in total. The Kier molecular flexibility index (Phi) is 4.04. The summed E-state index contributed by atoms with van der Waals surface area (Å²) in [5, 5.41) is 8.14. The van der Waals surface area contributed by atoms with Gasteiger partial charge in [-0.25, -0.2) is 0 Å². The zero-order valence-electron chi connectivity index (χ0n) is 13.5. The Morgan fingerprint density at radius 3 is 2.25 bits per heavy atom. The van der Waals surface area contributed by atoms with Crippen LogP contribution in [0.4, 0.5) is 0 Å². The molecule has 20 heavy (non-hydrogen) atoms. The van der Waals surface area contributed by atoms with Crippen LogP contribution in [0, 0.1) is 27.7 Å². The summed E-state index contributed by atoms with van der Waals surface area (Å²) < 4.78 is 7.56. The normalized spacial score (nSPS) is 14.6. The van der Waals surface area contributed by atoms with E-state index in [9.17, 15) is 0 Å². The summed E-state index contributed by atoms with van der Waals surface area (Å²) in [7, 11) is 1.99. The number of aromatic nitrogens is 2. The largest absolute Gasteiger partial charge is 0.466 e. The standard InChI is InChI=1S/C16H25N3O/c1-9-8-15(14(6)20-9)10(2)17-11(3)16-12(4)18-19(7)13(16)5/h8,10-11,17H,1-7H3. The van der Waals surface area contributed by atoms with Gasteiger partial charge in [0.05, 0.1) is 5.69 Å². The summed E-state index contributed by atoms with van der Waals surface area (Å²) in [5.74, 6) is 1.96. The molecule has 0 aliphatic carbocycles. The smallest absolute Gasteiger partial charge is 0.105 e. The van der Waals surface area contributed by atoms with Crippen LogP contribution in [-0.4, -0.2) is 9.78 Å². The fourth-order valence-corrected chi connectivity index (χ4v) is 3.05. The lowest BCUT2D eigenvalue weighted by Crippen LogP contribution is -2.23. The first-order valence-corrected chi connectivity index (χ1v) is 7.14. The maximum Gasteiger partial charge on any atom is 0.105 e. The van der Waals surface area contributed by atoms with Crippen molar-refractivity contribution in [3.63, 3.8) is 0 Å². The number of nitrogens with zero attached hydrogens (tertiary/aromatic N) is 2. The number of aryl methyl sites for hydroxylation is 4. The molecule has 0 spiro atoms. The molecule has 0 fully saturated rings. The first-order valence-electron chi connectivity index (χ1n) is 7.14. The number of hydrogen-bond donors (Lipinski definition) is 1. The minimum absolute atomic E-state index is 0.251. The summed E-state index contributed by atoms with van der Waals surface area (Å²) in [5.41, 5.74) is 4.83. The molecule has 0 aliphatic heterocycles. The molecule has 2 aromatic heterocycles. The van der Waals surface area contributed by atoms with Gasteiger partial charge in [-0.1, -0.05) is 0 Å². The van der Waals surface area contributed by atoms with Gasteiger partial charge in [-0.15, -0.1) is 0 Å². The van der Waals surface area contributed by atoms with E-state index in [4.69, 9.17) is 4.42 Å². The molecule has 0 aliphatic rings. The Hall–Kier alpha value is -1.55. The summed E-state index contributed by atoms with van der Waals surface area (Å²) in [6.45, 7) is 12.6. The SMILES string of the molecule is Cc1cc(C(C)NC(C)c2c(C)nn(C)c2C)c(C)o1. The van der Waals surface area contributed by atoms with Gasteiger partial charge < -0.3 is 9.73 Å². The van der Waals surface area contributed by atoms with Gasteiger partial charge in [0.25, 0.3) is 0 Å². The predicted molar refractivity (Wildman–Crippen MR) is 80.8 cm³/mol. The zero-order chi connectivity index (χ0) is 15.0. The zero-order valence-corrected chi connectivity index (χ0v) is 13.5. The van der Waals surface area contributed by atoms with Crippen LogP contribution in [0.3, 0.4) is 0 Å². The van der Waals surface area contributed by atoms with Gasteiger partial charge in [-0.3, -0.25) is 4.68 Å². The van der Waals surface area contributed by atoms with Gasteiger partial charge in [0, 0.05) is 36.0 Å². The summed E-state index contributed by atoms with van der Waals surface area (Å²) >= 11 is 0. The van der Waals surface area contributed by atoms with E-state index < -0.39 is 0 Å². The van der Waals surface area contributed by atoms with Crippen molar-refractivity contribution in [2.75, 3.05) is 0 Å². The molecule has 2 atom stereocenters. The van der Waals surface area contributed by atoms with Gasteiger partial charge >= 0.3 is 0 Å². The topological polar surface area (TPSA) is 43.0 Å². The van der Waals surface area contributed by atoms with Gasteiger partial charge in [-0.05, 0) is 47.6 Å². The summed E-state index contributed by atoms with van der Waals surface area (Å²) in [4.78, 5) is 0. The second kappa shape index (κ2) is 5.44. The lowest BCUT2D eigenvalue weighted by Gasteiger charge is -2.20. The van der Waals surface area contributed by atoms with E-state index in [0.717, 1.165) is 17.2 Å². The average molecular weight is 275 g/mol. The predicted octanol–water partition coefficient (Wildman–Crippen LogP) is 3.66. The first-order chi connectivity index (χ1) is 9.31. The summed E-state index contributed by atoms with van der Waals surface area (Å²) in [6, 6.07) is 2.62. The van der Waals surface area contributed by atoms with Crippen molar-refractivity contribution in [1.82, 2.24) is 15.1 Å². The quantitative estimate of drug-likeness (QED) is 0.926. The highest BCUT2D eigenvalue weighted by atomic mass is 16.3. The second-order valence-electron chi connectivity index (χ2n) is 5.69. The second-order valence-corrected chi connectivity index (χ2v) is 5.69. The molecule has 0 aromatic carbocycles. The molecule has 0 amide bonds. The van der Waals surface area contributed by atoms with Gasteiger partial charge in [0.15, 0.2) is 0 Å². The Labute approximate surface area is 121 Å². The fourth-order valence-electron chi connectivity index (χ4n) is 3.05. The third kappa shape index (κ3) is 2.66. The molecule has 0 saturated heterocycles. The third-order valence-corrected chi connectivity index (χ3v) is 4.04. The average Bonchev–Trinajstić information content (AvgIpc) is 2.79. The molecule has 4 nitrogen and oxygen atoms in total. The molecule has 2 heterocycles. The van der Waals surface area contributed by atoms with Crippen LogP contribution in [0.15, 0.2) is 10.5 Å². The van der Waals surface area contributed by atoms with Crippen molar-refractivity contribution in [2.24, 2.45) is 7.05 Å². The van der Waals surface area contributed by atoms with Crippen molar-refractivity contribution in [1.29, 1.82) is 0 Å². The van der Waals surface area contributed by atoms with Gasteiger partial charge in [0.1, 0.15) is 11.5 Å². The Morgan fingerprint density at radius 2 is 1.80 bits per heavy atom. The molecule has 110 valence electrons. The van der Waals surface area contributed by atoms with E-state index in [-0.39, 0.29) is 12.1 Å². The molecule has 0 radical (unpaired) electrons. The highest BCUT2D eigenvalue weighted by Crippen LogP contribution is 2.26. The molecule has 2 aromatic rings.